The molecule has 0 unspecified atom stereocenters. The highest BCUT2D eigenvalue weighted by Crippen LogP contribution is 2.52. The Balaban J connectivity index is 1.41. The molecule has 10 rings (SSSR count). The summed E-state index contributed by atoms with van der Waals surface area (Å²) in [6, 6.07) is 45.5. The molecule has 1 aliphatic carbocycles. The summed E-state index contributed by atoms with van der Waals surface area (Å²) in [6.07, 6.45) is 0. The van der Waals surface area contributed by atoms with Crippen LogP contribution in [0.25, 0.3) is 92.3 Å². The van der Waals surface area contributed by atoms with Gasteiger partial charge in [-0.3, -0.25) is 4.57 Å². The molecule has 0 spiro atoms. The van der Waals surface area contributed by atoms with Crippen LogP contribution in [0.2, 0.25) is 0 Å². The van der Waals surface area contributed by atoms with E-state index in [1.54, 1.807) is 0 Å². The van der Waals surface area contributed by atoms with Crippen molar-refractivity contribution in [3.05, 3.63) is 127 Å². The average molecular weight is 552 g/mol. The summed E-state index contributed by atoms with van der Waals surface area (Å²) in [4.78, 5) is 10.3. The first kappa shape index (κ1) is 22.4. The van der Waals surface area contributed by atoms with Gasteiger partial charge in [-0.2, -0.15) is 0 Å². The average Bonchev–Trinajstić information content (AvgIpc) is 3.56. The van der Waals surface area contributed by atoms with E-state index >= 15 is 0 Å². The van der Waals surface area contributed by atoms with Crippen LogP contribution in [0.15, 0.2) is 127 Å². The molecule has 42 heavy (non-hydrogen) atoms. The Labute approximate surface area is 245 Å². The molecule has 0 fully saturated rings. The van der Waals surface area contributed by atoms with E-state index in [9.17, 15) is 0 Å². The molecule has 6 aromatic carbocycles. The zero-order chi connectivity index (χ0) is 27.4. The fourth-order valence-electron chi connectivity index (χ4n) is 6.99. The van der Waals surface area contributed by atoms with Gasteiger partial charge in [-0.25, -0.2) is 9.97 Å². The van der Waals surface area contributed by atoms with Crippen LogP contribution in [0, 0.1) is 0 Å². The van der Waals surface area contributed by atoms with Gasteiger partial charge < -0.3 is 0 Å². The number of thiophene rings is 1. The van der Waals surface area contributed by atoms with E-state index in [0.717, 1.165) is 28.5 Å². The number of hydrogen-bond donors (Lipinski definition) is 0. The van der Waals surface area contributed by atoms with Gasteiger partial charge in [0.25, 0.3) is 0 Å². The van der Waals surface area contributed by atoms with Gasteiger partial charge in [0.2, 0.25) is 0 Å². The highest BCUT2D eigenvalue weighted by molar-refractivity contribution is 7.26. The first-order valence-corrected chi connectivity index (χ1v) is 15.0. The lowest BCUT2D eigenvalue weighted by molar-refractivity contribution is 1.05. The summed E-state index contributed by atoms with van der Waals surface area (Å²) in [5, 5.41) is 7.93. The maximum atomic E-state index is 5.25. The molecular formula is C38H21N3S. The summed E-state index contributed by atoms with van der Waals surface area (Å²) in [5.41, 5.74) is 7.95. The number of hydrogen-bond acceptors (Lipinski definition) is 3. The fourth-order valence-corrected chi connectivity index (χ4v) is 8.13. The smallest absolute Gasteiger partial charge is 0.162 e. The monoisotopic (exact) mass is 551 g/mol. The van der Waals surface area contributed by atoms with E-state index in [0.29, 0.717) is 0 Å². The largest absolute Gasteiger partial charge is 0.294 e. The molecule has 0 aliphatic heterocycles. The minimum Gasteiger partial charge on any atom is -0.294 e. The van der Waals surface area contributed by atoms with Crippen molar-refractivity contribution in [1.82, 2.24) is 14.5 Å². The van der Waals surface area contributed by atoms with Crippen LogP contribution in [0.4, 0.5) is 0 Å². The van der Waals surface area contributed by atoms with Crippen molar-refractivity contribution in [2.45, 2.75) is 0 Å². The van der Waals surface area contributed by atoms with Crippen molar-refractivity contribution in [2.75, 3.05) is 0 Å². The third-order valence-electron chi connectivity index (χ3n) is 8.73. The standard InChI is InChI=1S/C38H21N3S/c1-3-9-22(10-4-1)27-21-32(40-38(39-27)24-11-5-2-6-12-24)41-28-18-17-23-13-7-14-25-26-15-8-16-30-34(26)37-31(42-30)20-19-29(41)36(37)35(28)33(23)25/h1-21H. The predicted molar refractivity (Wildman–Crippen MR) is 177 cm³/mol. The molecule has 3 heterocycles. The number of rotatable bonds is 3. The van der Waals surface area contributed by atoms with E-state index in [-0.39, 0.29) is 0 Å². The summed E-state index contributed by atoms with van der Waals surface area (Å²) in [7, 11) is 0. The quantitative estimate of drug-likeness (QED) is 0.219. The van der Waals surface area contributed by atoms with Gasteiger partial charge in [0.05, 0.1) is 16.7 Å². The van der Waals surface area contributed by atoms with E-state index in [4.69, 9.17) is 9.97 Å². The second-order valence-corrected chi connectivity index (χ2v) is 12.1. The highest BCUT2D eigenvalue weighted by Gasteiger charge is 2.26. The van der Waals surface area contributed by atoms with Crippen molar-refractivity contribution in [3.63, 3.8) is 0 Å². The van der Waals surface area contributed by atoms with E-state index in [1.807, 2.05) is 35.6 Å². The van der Waals surface area contributed by atoms with E-state index < -0.39 is 0 Å². The van der Waals surface area contributed by atoms with Crippen molar-refractivity contribution < 1.29 is 0 Å². The fraction of sp³-hybridized carbons (Fsp3) is 0. The molecule has 4 heteroatoms. The maximum absolute atomic E-state index is 5.25. The van der Waals surface area contributed by atoms with Gasteiger partial charge in [-0.05, 0) is 46.2 Å². The summed E-state index contributed by atoms with van der Waals surface area (Å²) >= 11 is 1.89. The van der Waals surface area contributed by atoms with E-state index in [1.165, 1.54) is 63.9 Å². The third-order valence-corrected chi connectivity index (χ3v) is 9.85. The molecule has 0 N–H and O–H groups in total. The molecule has 0 radical (unpaired) electrons. The van der Waals surface area contributed by atoms with Crippen LogP contribution in [-0.4, -0.2) is 14.5 Å². The molecule has 194 valence electrons. The van der Waals surface area contributed by atoms with Crippen molar-refractivity contribution in [2.24, 2.45) is 0 Å². The Morgan fingerprint density at radius 3 is 1.95 bits per heavy atom. The Bertz CT molecular complexity index is 2500. The first-order chi connectivity index (χ1) is 20.8. The highest BCUT2D eigenvalue weighted by atomic mass is 32.1. The SMILES string of the molecule is c1ccc(-c2cc(-n3c4ccc5cccc6c5c4c4c5c(ccc43)sc3cccc-6c35)nc(-c3ccccc3)n2)cc1. The molecule has 0 saturated carbocycles. The summed E-state index contributed by atoms with van der Waals surface area (Å²) in [5.74, 6) is 1.60. The molecule has 0 saturated heterocycles. The molecule has 9 aromatic rings. The van der Waals surface area contributed by atoms with Crippen LogP contribution in [0.3, 0.4) is 0 Å². The van der Waals surface area contributed by atoms with Crippen LogP contribution in [0.1, 0.15) is 0 Å². The van der Waals surface area contributed by atoms with Crippen molar-refractivity contribution >= 4 is 64.1 Å². The number of benzene rings is 6. The Kier molecular flexibility index (Phi) is 4.33. The van der Waals surface area contributed by atoms with Crippen LogP contribution in [-0.2, 0) is 0 Å². The summed E-state index contributed by atoms with van der Waals surface area (Å²) < 4.78 is 5.02. The molecule has 1 aliphatic rings. The van der Waals surface area contributed by atoms with Crippen LogP contribution >= 0.6 is 11.3 Å². The minimum atomic E-state index is 0.722. The van der Waals surface area contributed by atoms with Crippen molar-refractivity contribution in [1.29, 1.82) is 0 Å². The molecule has 3 nitrogen and oxygen atoms in total. The normalized spacial score (nSPS) is 12.3. The maximum Gasteiger partial charge on any atom is 0.162 e. The van der Waals surface area contributed by atoms with Crippen LogP contribution in [0.5, 0.6) is 0 Å². The van der Waals surface area contributed by atoms with Gasteiger partial charge in [-0.15, -0.1) is 11.3 Å². The topological polar surface area (TPSA) is 30.7 Å². The second kappa shape index (κ2) is 8.12. The Morgan fingerprint density at radius 2 is 1.14 bits per heavy atom. The molecule has 0 atom stereocenters. The molecule has 3 aromatic heterocycles. The van der Waals surface area contributed by atoms with Gasteiger partial charge in [0.15, 0.2) is 5.82 Å². The van der Waals surface area contributed by atoms with E-state index in [2.05, 4.69) is 108 Å². The third kappa shape index (κ3) is 2.89. The van der Waals surface area contributed by atoms with Gasteiger partial charge in [-0.1, -0.05) is 97.1 Å². The second-order valence-electron chi connectivity index (χ2n) is 11.0. The lowest BCUT2D eigenvalue weighted by atomic mass is 9.95. The van der Waals surface area contributed by atoms with Crippen LogP contribution < -0.4 is 0 Å². The van der Waals surface area contributed by atoms with Gasteiger partial charge >= 0.3 is 0 Å². The minimum absolute atomic E-state index is 0.722. The lowest BCUT2D eigenvalue weighted by Gasteiger charge is -2.13. The zero-order valence-electron chi connectivity index (χ0n) is 22.4. The number of fused-ring (bicyclic) bond motifs is 1. The Hall–Kier alpha value is -5.32. The molecular weight excluding hydrogens is 531 g/mol. The predicted octanol–water partition coefficient (Wildman–Crippen LogP) is 10.4. The zero-order valence-corrected chi connectivity index (χ0v) is 23.2. The van der Waals surface area contributed by atoms with Crippen molar-refractivity contribution in [3.8, 4) is 39.6 Å². The first-order valence-electron chi connectivity index (χ1n) is 14.2. The molecule has 0 amide bonds. The molecule has 0 bridgehead atoms. The lowest BCUT2D eigenvalue weighted by Crippen LogP contribution is -2.02. The summed E-state index contributed by atoms with van der Waals surface area (Å²) in [6.45, 7) is 0. The Morgan fingerprint density at radius 1 is 0.476 bits per heavy atom. The van der Waals surface area contributed by atoms with Gasteiger partial charge in [0.1, 0.15) is 5.82 Å². The number of nitrogens with zero attached hydrogens (tertiary/aromatic N) is 3. The van der Waals surface area contributed by atoms with Gasteiger partial charge in [0, 0.05) is 48.1 Å². The number of aromatic nitrogens is 3.